The molecule has 0 fully saturated rings. The highest BCUT2D eigenvalue weighted by molar-refractivity contribution is 6.18. The third-order valence-electron chi connectivity index (χ3n) is 4.11. The van der Waals surface area contributed by atoms with Crippen LogP contribution in [0.5, 0.6) is 0 Å². The van der Waals surface area contributed by atoms with Gasteiger partial charge >= 0.3 is 0 Å². The quantitative estimate of drug-likeness (QED) is 0.494. The average Bonchev–Trinajstić information content (AvgIpc) is 2.87. The van der Waals surface area contributed by atoms with E-state index in [4.69, 9.17) is 0 Å². The molecule has 4 rings (SSSR count). The minimum atomic E-state index is 1.13. The first-order valence-electron chi connectivity index (χ1n) is 7.29. The number of aryl methyl sites for hydroxylation is 1. The summed E-state index contributed by atoms with van der Waals surface area (Å²) in [5, 5.41) is 5.39. The molecule has 1 heterocycles. The molecule has 1 aromatic heterocycles. The maximum absolute atomic E-state index is 3.62. The van der Waals surface area contributed by atoms with Crippen LogP contribution in [0.4, 0.5) is 0 Å². The molecule has 0 saturated heterocycles. The SMILES string of the molecule is CCCc1cc2ccccc2c2[nH]c3ccccc3c12. The minimum absolute atomic E-state index is 1.13. The number of nitrogens with one attached hydrogen (secondary N) is 1. The van der Waals surface area contributed by atoms with Gasteiger partial charge in [-0.1, -0.05) is 61.9 Å². The molecule has 20 heavy (non-hydrogen) atoms. The van der Waals surface area contributed by atoms with Crippen LogP contribution >= 0.6 is 0 Å². The van der Waals surface area contributed by atoms with Crippen LogP contribution < -0.4 is 0 Å². The van der Waals surface area contributed by atoms with E-state index in [-0.39, 0.29) is 0 Å². The normalized spacial score (nSPS) is 11.7. The van der Waals surface area contributed by atoms with Gasteiger partial charge in [-0.3, -0.25) is 0 Å². The summed E-state index contributed by atoms with van der Waals surface area (Å²) < 4.78 is 0. The van der Waals surface area contributed by atoms with Crippen LogP contribution in [-0.2, 0) is 6.42 Å². The molecule has 0 atom stereocenters. The average molecular weight is 259 g/mol. The van der Waals surface area contributed by atoms with E-state index >= 15 is 0 Å². The summed E-state index contributed by atoms with van der Waals surface area (Å²) in [6, 6.07) is 19.6. The first kappa shape index (κ1) is 11.5. The van der Waals surface area contributed by atoms with Crippen LogP contribution in [0.3, 0.4) is 0 Å². The van der Waals surface area contributed by atoms with Crippen LogP contribution in [0.15, 0.2) is 54.6 Å². The second-order valence-electron chi connectivity index (χ2n) is 5.43. The van der Waals surface area contributed by atoms with Crippen molar-refractivity contribution >= 4 is 32.6 Å². The van der Waals surface area contributed by atoms with Gasteiger partial charge in [0, 0.05) is 21.7 Å². The summed E-state index contributed by atoms with van der Waals surface area (Å²) in [5.41, 5.74) is 3.97. The zero-order valence-electron chi connectivity index (χ0n) is 11.6. The summed E-state index contributed by atoms with van der Waals surface area (Å²) in [6.45, 7) is 2.25. The molecule has 0 amide bonds. The zero-order valence-corrected chi connectivity index (χ0v) is 11.6. The van der Waals surface area contributed by atoms with Crippen molar-refractivity contribution in [2.75, 3.05) is 0 Å². The Balaban J connectivity index is 2.26. The predicted octanol–water partition coefficient (Wildman–Crippen LogP) is 5.43. The highest BCUT2D eigenvalue weighted by Crippen LogP contribution is 2.34. The van der Waals surface area contributed by atoms with Crippen molar-refractivity contribution in [1.29, 1.82) is 0 Å². The fourth-order valence-corrected chi connectivity index (χ4v) is 3.25. The molecular weight excluding hydrogens is 242 g/mol. The van der Waals surface area contributed by atoms with Crippen LogP contribution in [0.2, 0.25) is 0 Å². The standard InChI is InChI=1S/C19H17N/c1-2-7-14-12-13-8-3-4-9-15(13)19-18(14)16-10-5-6-11-17(16)20-19/h3-6,8-12,20H,2,7H2,1H3. The number of benzene rings is 3. The third-order valence-corrected chi connectivity index (χ3v) is 4.11. The molecule has 0 aliphatic rings. The van der Waals surface area contributed by atoms with Crippen molar-refractivity contribution in [3.8, 4) is 0 Å². The summed E-state index contributed by atoms with van der Waals surface area (Å²) in [5.74, 6) is 0. The van der Waals surface area contributed by atoms with E-state index < -0.39 is 0 Å². The summed E-state index contributed by atoms with van der Waals surface area (Å²) in [7, 11) is 0. The number of hydrogen-bond donors (Lipinski definition) is 1. The van der Waals surface area contributed by atoms with Gasteiger partial charge in [0.1, 0.15) is 0 Å². The topological polar surface area (TPSA) is 15.8 Å². The number of aromatic amines is 1. The molecule has 1 nitrogen and oxygen atoms in total. The van der Waals surface area contributed by atoms with E-state index in [1.54, 1.807) is 0 Å². The molecule has 0 unspecified atom stereocenters. The molecule has 1 heteroatoms. The fourth-order valence-electron chi connectivity index (χ4n) is 3.25. The Morgan fingerprint density at radius 3 is 2.50 bits per heavy atom. The number of aromatic nitrogens is 1. The number of fused-ring (bicyclic) bond motifs is 5. The number of H-pyrrole nitrogens is 1. The van der Waals surface area contributed by atoms with Gasteiger partial charge in [0.2, 0.25) is 0 Å². The van der Waals surface area contributed by atoms with Gasteiger partial charge in [-0.2, -0.15) is 0 Å². The number of hydrogen-bond acceptors (Lipinski definition) is 0. The molecule has 0 radical (unpaired) electrons. The zero-order chi connectivity index (χ0) is 13.5. The molecule has 4 aromatic rings. The van der Waals surface area contributed by atoms with Crippen molar-refractivity contribution in [2.45, 2.75) is 19.8 Å². The Morgan fingerprint density at radius 1 is 0.900 bits per heavy atom. The van der Waals surface area contributed by atoms with Crippen molar-refractivity contribution < 1.29 is 0 Å². The lowest BCUT2D eigenvalue weighted by atomic mass is 9.97. The van der Waals surface area contributed by atoms with E-state index in [1.165, 1.54) is 44.6 Å². The van der Waals surface area contributed by atoms with Gasteiger partial charge in [-0.25, -0.2) is 0 Å². The van der Waals surface area contributed by atoms with Crippen molar-refractivity contribution in [3.63, 3.8) is 0 Å². The molecule has 0 bridgehead atoms. The van der Waals surface area contributed by atoms with Gasteiger partial charge in [-0.15, -0.1) is 0 Å². The molecule has 0 aliphatic carbocycles. The van der Waals surface area contributed by atoms with Gasteiger partial charge in [0.15, 0.2) is 0 Å². The maximum Gasteiger partial charge on any atom is 0.0547 e. The molecule has 0 saturated carbocycles. The predicted molar refractivity (Wildman–Crippen MR) is 87.3 cm³/mol. The highest BCUT2D eigenvalue weighted by atomic mass is 14.7. The lowest BCUT2D eigenvalue weighted by Gasteiger charge is -2.06. The molecule has 0 aliphatic heterocycles. The van der Waals surface area contributed by atoms with Crippen LogP contribution in [0.1, 0.15) is 18.9 Å². The van der Waals surface area contributed by atoms with Crippen molar-refractivity contribution in [3.05, 3.63) is 60.2 Å². The largest absolute Gasteiger partial charge is 0.354 e. The molecule has 98 valence electrons. The van der Waals surface area contributed by atoms with E-state index in [0.29, 0.717) is 0 Å². The van der Waals surface area contributed by atoms with Gasteiger partial charge in [0.05, 0.1) is 5.52 Å². The smallest absolute Gasteiger partial charge is 0.0547 e. The Hall–Kier alpha value is -2.28. The second kappa shape index (κ2) is 4.38. The lowest BCUT2D eigenvalue weighted by Crippen LogP contribution is -1.86. The van der Waals surface area contributed by atoms with Crippen molar-refractivity contribution in [1.82, 2.24) is 4.98 Å². The van der Waals surface area contributed by atoms with Gasteiger partial charge < -0.3 is 4.98 Å². The first-order valence-corrected chi connectivity index (χ1v) is 7.29. The van der Waals surface area contributed by atoms with Gasteiger partial charge in [-0.05, 0) is 23.4 Å². The summed E-state index contributed by atoms with van der Waals surface area (Å²) in [4.78, 5) is 3.62. The Labute approximate surface area is 118 Å². The molecular formula is C19H17N. The van der Waals surface area contributed by atoms with Gasteiger partial charge in [0.25, 0.3) is 0 Å². The monoisotopic (exact) mass is 259 g/mol. The third kappa shape index (κ3) is 1.56. The van der Waals surface area contributed by atoms with E-state index in [1.807, 2.05) is 0 Å². The van der Waals surface area contributed by atoms with Crippen molar-refractivity contribution in [2.24, 2.45) is 0 Å². The van der Waals surface area contributed by atoms with Crippen LogP contribution in [0, 0.1) is 0 Å². The highest BCUT2D eigenvalue weighted by Gasteiger charge is 2.11. The van der Waals surface area contributed by atoms with Crippen LogP contribution in [0.25, 0.3) is 32.6 Å². The number of para-hydroxylation sites is 1. The van der Waals surface area contributed by atoms with E-state index in [9.17, 15) is 0 Å². The maximum atomic E-state index is 3.62. The summed E-state index contributed by atoms with van der Waals surface area (Å²) >= 11 is 0. The first-order chi connectivity index (χ1) is 9.88. The lowest BCUT2D eigenvalue weighted by molar-refractivity contribution is 0.931. The Morgan fingerprint density at radius 2 is 1.65 bits per heavy atom. The van der Waals surface area contributed by atoms with Crippen LogP contribution in [-0.4, -0.2) is 4.98 Å². The Kier molecular flexibility index (Phi) is 2.53. The van der Waals surface area contributed by atoms with E-state index in [0.717, 1.165) is 6.42 Å². The second-order valence-corrected chi connectivity index (χ2v) is 5.43. The molecule has 1 N–H and O–H groups in total. The minimum Gasteiger partial charge on any atom is -0.354 e. The van der Waals surface area contributed by atoms with E-state index in [2.05, 4.69) is 66.5 Å². The fraction of sp³-hybridized carbons (Fsp3) is 0.158. The number of rotatable bonds is 2. The molecule has 3 aromatic carbocycles. The molecule has 0 spiro atoms. The Bertz CT molecular complexity index is 915. The summed E-state index contributed by atoms with van der Waals surface area (Å²) in [6.07, 6.45) is 2.30.